The first kappa shape index (κ1) is 184. The zero-order chi connectivity index (χ0) is 2.00. The number of halogens is 5. The maximum absolute atomic E-state index is 8.25. The second-order valence-electron chi connectivity index (χ2n) is 0. The summed E-state index contributed by atoms with van der Waals surface area (Å²) in [5.74, 6) is 0. The predicted molar refractivity (Wildman–Crippen MR) is 5.92 cm³/mol. The van der Waals surface area contributed by atoms with Crippen LogP contribution in [0.4, 0.5) is 0 Å². The van der Waals surface area contributed by atoms with E-state index in [0.29, 0.717) is 0 Å². The third kappa shape index (κ3) is 487. The van der Waals surface area contributed by atoms with E-state index in [2.05, 4.69) is 0 Å². The molecule has 0 aromatic rings. The fraction of sp³-hybridized carbons (Fsp3) is 1.00. The molecular formula is CH3F5OU-6. The Morgan fingerprint density at radius 2 is 0.625 bits per heavy atom. The van der Waals surface area contributed by atoms with Gasteiger partial charge >= 0.3 is 0 Å². The van der Waals surface area contributed by atoms with E-state index in [1.807, 2.05) is 0 Å². The van der Waals surface area contributed by atoms with E-state index in [0.717, 1.165) is 7.11 Å². The summed E-state index contributed by atoms with van der Waals surface area (Å²) in [5.41, 5.74) is 0. The molecule has 58 valence electrons. The minimum absolute atomic E-state index is 0. The zero-order valence-corrected chi connectivity index (χ0v) is 7.96. The monoisotopic (exact) mass is 364 g/mol. The second-order valence-corrected chi connectivity index (χ2v) is 0. The van der Waals surface area contributed by atoms with Gasteiger partial charge in [-0.1, -0.05) is 0 Å². The van der Waals surface area contributed by atoms with Crippen LogP contribution in [0.25, 0.3) is 0 Å². The molecular weight excluding hydrogens is 361 g/mol. The van der Waals surface area contributed by atoms with Crippen LogP contribution in [0.15, 0.2) is 0 Å². The molecule has 0 heterocycles. The Morgan fingerprint density at radius 3 is 0.625 bits per heavy atom. The van der Waals surface area contributed by atoms with Crippen molar-refractivity contribution in [1.82, 2.24) is 0 Å². The molecule has 0 aliphatic rings. The molecule has 0 saturated carbocycles. The Kier molecular flexibility index (Phi) is 17900. The number of rotatable bonds is 0. The number of hydrogen-bond acceptors (Lipinski definition) is 1. The van der Waals surface area contributed by atoms with Crippen molar-refractivity contribution in [3.05, 3.63) is 0 Å². The molecule has 0 aromatic carbocycles. The Bertz CT molecular complexity index is 12.4. The smallest absolute Gasteiger partial charge is 0 e. The normalized spacial score (nSPS) is 0.750. The van der Waals surface area contributed by atoms with Crippen LogP contribution in [0.3, 0.4) is 0 Å². The molecule has 0 rings (SSSR count). The van der Waals surface area contributed by atoms with Crippen LogP contribution in [-0.2, 0) is 0 Å². The van der Waals surface area contributed by atoms with Crippen LogP contribution >= 0.6 is 0 Å². The van der Waals surface area contributed by atoms with Gasteiger partial charge in [0, 0.05) is 31.1 Å². The van der Waals surface area contributed by atoms with Gasteiger partial charge in [-0.05, 0) is 0 Å². The molecule has 0 aromatic heterocycles. The maximum Gasteiger partial charge on any atom is 0 e. The molecule has 0 spiro atoms. The van der Waals surface area contributed by atoms with Crippen LogP contribution in [0.1, 0.15) is 0 Å². The molecule has 8 heavy (non-hydrogen) atoms. The molecule has 1 nitrogen and oxygen atoms in total. The van der Waals surface area contributed by atoms with Gasteiger partial charge in [-0.15, -0.1) is 0 Å². The Hall–Kier alpha value is 0.662. The van der Waals surface area contributed by atoms with Crippen LogP contribution in [-0.4, -0.2) is 7.11 Å². The summed E-state index contributed by atoms with van der Waals surface area (Å²) in [6.07, 6.45) is 0. The van der Waals surface area contributed by atoms with E-state index < -0.39 is 0 Å². The van der Waals surface area contributed by atoms with E-state index in [9.17, 15) is 0 Å². The molecule has 0 fully saturated rings. The second kappa shape index (κ2) is 776. The average molecular weight is 364 g/mol. The predicted octanol–water partition coefficient (Wildman–Crippen LogP) is -16.0. The molecule has 0 atom stereocenters. The largest absolute Gasteiger partial charge is 1.00 e. The third-order valence-electron chi connectivity index (χ3n) is 0. The van der Waals surface area contributed by atoms with E-state index in [1.165, 1.54) is 0 Å². The molecule has 0 unspecified atom stereocenters. The van der Waals surface area contributed by atoms with Crippen molar-refractivity contribution >= 4 is 0 Å². The molecule has 7 heteroatoms. The molecule has 0 amide bonds. The van der Waals surface area contributed by atoms with Gasteiger partial charge in [-0.2, -0.15) is 7.11 Å². The van der Waals surface area contributed by atoms with Crippen LogP contribution in [0.2, 0.25) is 0 Å². The van der Waals surface area contributed by atoms with Gasteiger partial charge in [0.25, 0.3) is 0 Å². The Labute approximate surface area is 67.1 Å². The first-order valence-corrected chi connectivity index (χ1v) is 0.408. The zero-order valence-electron chi connectivity index (χ0n) is 3.80. The molecule has 0 aliphatic carbocycles. The summed E-state index contributed by atoms with van der Waals surface area (Å²) in [7, 11) is 0.750. The van der Waals surface area contributed by atoms with Crippen LogP contribution in [0.5, 0.6) is 0 Å². The topological polar surface area (TPSA) is 23.1 Å². The van der Waals surface area contributed by atoms with Gasteiger partial charge in [-0.3, -0.25) is 0 Å². The molecule has 0 N–H and O–H groups in total. The van der Waals surface area contributed by atoms with Crippen molar-refractivity contribution in [1.29, 1.82) is 0 Å². The van der Waals surface area contributed by atoms with E-state index in [-0.39, 0.29) is 54.6 Å². The quantitative estimate of drug-likeness (QED) is 0.392. The van der Waals surface area contributed by atoms with Crippen molar-refractivity contribution in [3.8, 4) is 0 Å². The summed E-state index contributed by atoms with van der Waals surface area (Å²) in [6.45, 7) is 0. The third-order valence-corrected chi connectivity index (χ3v) is 0. The Morgan fingerprint density at radius 1 is 0.625 bits per heavy atom. The van der Waals surface area contributed by atoms with Crippen molar-refractivity contribution < 1.29 is 59.7 Å². The standard InChI is InChI=1S/CH3O.5FH.U/c1-2;;;;;;/h1H3;5*1H;/q-1;;;;;;/p-5. The van der Waals surface area contributed by atoms with Gasteiger partial charge in [0.2, 0.25) is 0 Å². The van der Waals surface area contributed by atoms with E-state index in [1.54, 1.807) is 0 Å². The summed E-state index contributed by atoms with van der Waals surface area (Å²) in [6, 6.07) is 0. The maximum atomic E-state index is 8.25. The van der Waals surface area contributed by atoms with E-state index in [4.69, 9.17) is 5.11 Å². The van der Waals surface area contributed by atoms with Gasteiger partial charge < -0.3 is 28.6 Å². The molecule has 0 saturated heterocycles. The molecule has 0 bridgehead atoms. The Balaban J connectivity index is -0.000000000333. The first-order valence-electron chi connectivity index (χ1n) is 0.408. The van der Waals surface area contributed by atoms with Crippen LogP contribution < -0.4 is 28.6 Å². The summed E-state index contributed by atoms with van der Waals surface area (Å²) < 4.78 is 0. The molecule has 0 aliphatic heterocycles. The van der Waals surface area contributed by atoms with Gasteiger partial charge in [0.1, 0.15) is 0 Å². The average Bonchev–Trinajstić information content (AvgIpc) is 1.00. The summed E-state index contributed by atoms with van der Waals surface area (Å²) in [4.78, 5) is 0. The summed E-state index contributed by atoms with van der Waals surface area (Å²) >= 11 is 0. The molecule has 0 radical (unpaired) electrons. The van der Waals surface area contributed by atoms with Crippen molar-refractivity contribution in [2.24, 2.45) is 0 Å². The minimum atomic E-state index is 0. The summed E-state index contributed by atoms with van der Waals surface area (Å²) in [5, 5.41) is 8.25. The fourth-order valence-corrected chi connectivity index (χ4v) is 0. The van der Waals surface area contributed by atoms with Crippen LogP contribution in [0, 0.1) is 31.1 Å². The SMILES string of the molecule is C[O-].[F-].[F-].[F-].[F-].[F-].[U]. The first-order chi connectivity index (χ1) is 1.00. The van der Waals surface area contributed by atoms with Crippen molar-refractivity contribution in [2.75, 3.05) is 7.11 Å². The number of hydrogen-bond donors (Lipinski definition) is 0. The van der Waals surface area contributed by atoms with Crippen molar-refractivity contribution in [3.63, 3.8) is 0 Å². The van der Waals surface area contributed by atoms with Gasteiger partial charge in [-0.25, -0.2) is 0 Å². The van der Waals surface area contributed by atoms with Crippen molar-refractivity contribution in [2.45, 2.75) is 0 Å². The van der Waals surface area contributed by atoms with Gasteiger partial charge in [0.15, 0.2) is 0 Å². The fourth-order valence-electron chi connectivity index (χ4n) is 0. The minimum Gasteiger partial charge on any atom is -1.00 e. The van der Waals surface area contributed by atoms with E-state index >= 15 is 0 Å². The van der Waals surface area contributed by atoms with Gasteiger partial charge in [0.05, 0.1) is 0 Å².